The molecule has 0 aliphatic heterocycles. The van der Waals surface area contributed by atoms with E-state index in [0.717, 1.165) is 0 Å². The largest absolute Gasteiger partial charge is 0.573 e. The minimum atomic E-state index is -5.12. The van der Waals surface area contributed by atoms with Crippen LogP contribution in [0.5, 0.6) is 5.75 Å². The van der Waals surface area contributed by atoms with Gasteiger partial charge in [-0.05, 0) is 18.2 Å². The normalized spacial score (nSPS) is 12.4. The van der Waals surface area contributed by atoms with Crippen LogP contribution in [0.4, 0.5) is 26.3 Å². The highest BCUT2D eigenvalue weighted by Gasteiger charge is 2.34. The smallest absolute Gasteiger partial charge is 0.406 e. The topological polar surface area (TPSA) is 26.3 Å². The minimum Gasteiger partial charge on any atom is -0.406 e. The Morgan fingerprint density at radius 3 is 2.00 bits per heavy atom. The quantitative estimate of drug-likeness (QED) is 0.600. The molecule has 2 nitrogen and oxygen atoms in total. The van der Waals surface area contributed by atoms with Crippen molar-refractivity contribution >= 4 is 6.29 Å². The summed E-state index contributed by atoms with van der Waals surface area (Å²) >= 11 is 0. The van der Waals surface area contributed by atoms with Gasteiger partial charge in [0.25, 0.3) is 0 Å². The van der Waals surface area contributed by atoms with Gasteiger partial charge in [-0.3, -0.25) is 4.79 Å². The molecule has 0 saturated heterocycles. The van der Waals surface area contributed by atoms with Crippen LogP contribution in [0.3, 0.4) is 0 Å². The molecule has 0 aliphatic rings. The first-order valence-electron chi connectivity index (χ1n) is 4.05. The highest BCUT2D eigenvalue weighted by atomic mass is 19.4. The first-order chi connectivity index (χ1) is 7.62. The van der Waals surface area contributed by atoms with Crippen molar-refractivity contribution in [2.45, 2.75) is 12.5 Å². The second kappa shape index (κ2) is 4.27. The number of benzene rings is 1. The van der Waals surface area contributed by atoms with Crippen molar-refractivity contribution in [3.05, 3.63) is 29.3 Å². The Labute approximate surface area is 90.8 Å². The van der Waals surface area contributed by atoms with E-state index in [1.807, 2.05) is 0 Å². The fourth-order valence-corrected chi connectivity index (χ4v) is 1.05. The van der Waals surface area contributed by atoms with Gasteiger partial charge < -0.3 is 4.74 Å². The lowest BCUT2D eigenvalue weighted by Gasteiger charge is -2.12. The summed E-state index contributed by atoms with van der Waals surface area (Å²) in [6.07, 6.45) is -9.98. The second-order valence-corrected chi connectivity index (χ2v) is 2.95. The summed E-state index contributed by atoms with van der Waals surface area (Å²) in [5, 5.41) is 0. The number of alkyl halides is 6. The first kappa shape index (κ1) is 13.3. The molecule has 17 heavy (non-hydrogen) atoms. The van der Waals surface area contributed by atoms with Gasteiger partial charge in [0, 0.05) is 5.56 Å². The van der Waals surface area contributed by atoms with Crippen molar-refractivity contribution in [3.63, 3.8) is 0 Å². The number of halogens is 6. The van der Waals surface area contributed by atoms with Crippen molar-refractivity contribution in [1.82, 2.24) is 0 Å². The summed E-state index contributed by atoms with van der Waals surface area (Å²) < 4.78 is 75.6. The van der Waals surface area contributed by atoms with E-state index in [9.17, 15) is 31.1 Å². The van der Waals surface area contributed by atoms with Gasteiger partial charge in [0.05, 0.1) is 5.56 Å². The van der Waals surface area contributed by atoms with E-state index < -0.39 is 29.4 Å². The Morgan fingerprint density at radius 2 is 1.59 bits per heavy atom. The molecule has 0 aromatic heterocycles. The summed E-state index contributed by atoms with van der Waals surface area (Å²) in [5.74, 6) is -1.09. The van der Waals surface area contributed by atoms with E-state index in [-0.39, 0.29) is 12.4 Å². The number of aldehydes is 1. The summed E-state index contributed by atoms with van der Waals surface area (Å²) in [6.45, 7) is 0. The zero-order valence-corrected chi connectivity index (χ0v) is 7.89. The Hall–Kier alpha value is -1.73. The molecule has 0 aliphatic carbocycles. The van der Waals surface area contributed by atoms with E-state index in [1.54, 1.807) is 0 Å². The van der Waals surface area contributed by atoms with Gasteiger partial charge in [-0.1, -0.05) is 0 Å². The van der Waals surface area contributed by atoms with Crippen molar-refractivity contribution < 1.29 is 35.9 Å². The Morgan fingerprint density at radius 1 is 1.00 bits per heavy atom. The standard InChI is InChI=1S/C9H4F6O2/c10-8(11,12)6-1-5(4-16)2-7(3-6)17-9(13,14)15/h1-4H. The van der Waals surface area contributed by atoms with Gasteiger partial charge >= 0.3 is 12.5 Å². The number of ether oxygens (including phenoxy) is 1. The van der Waals surface area contributed by atoms with Gasteiger partial charge in [-0.15, -0.1) is 13.2 Å². The van der Waals surface area contributed by atoms with Crippen LogP contribution >= 0.6 is 0 Å². The van der Waals surface area contributed by atoms with Crippen LogP contribution in [-0.4, -0.2) is 12.6 Å². The average molecular weight is 258 g/mol. The van der Waals surface area contributed by atoms with E-state index >= 15 is 0 Å². The molecule has 0 radical (unpaired) electrons. The third-order valence-corrected chi connectivity index (χ3v) is 1.63. The Bertz CT molecular complexity index is 420. The SMILES string of the molecule is O=Cc1cc(OC(F)(F)F)cc(C(F)(F)F)c1. The lowest BCUT2D eigenvalue weighted by Crippen LogP contribution is -2.18. The zero-order chi connectivity index (χ0) is 13.3. The molecule has 0 spiro atoms. The monoisotopic (exact) mass is 258 g/mol. The Kier molecular flexibility index (Phi) is 3.35. The third-order valence-electron chi connectivity index (χ3n) is 1.63. The molecule has 1 rings (SSSR count). The molecule has 0 fully saturated rings. The predicted molar refractivity (Wildman–Crippen MR) is 43.5 cm³/mol. The van der Waals surface area contributed by atoms with Crippen LogP contribution in [0.25, 0.3) is 0 Å². The number of carbonyl (C=O) groups excluding carboxylic acids is 1. The van der Waals surface area contributed by atoms with Crippen LogP contribution in [0.15, 0.2) is 18.2 Å². The van der Waals surface area contributed by atoms with Gasteiger partial charge in [0.2, 0.25) is 0 Å². The van der Waals surface area contributed by atoms with E-state index in [0.29, 0.717) is 12.1 Å². The van der Waals surface area contributed by atoms with Gasteiger partial charge in [0.15, 0.2) is 0 Å². The van der Waals surface area contributed by atoms with Crippen LogP contribution in [0.1, 0.15) is 15.9 Å². The summed E-state index contributed by atoms with van der Waals surface area (Å²) in [5.41, 5.74) is -1.94. The lowest BCUT2D eigenvalue weighted by molar-refractivity contribution is -0.274. The molecule has 1 aromatic rings. The predicted octanol–water partition coefficient (Wildman–Crippen LogP) is 3.42. The molecule has 8 heteroatoms. The number of carbonyl (C=O) groups is 1. The average Bonchev–Trinajstić information content (AvgIpc) is 2.13. The number of hydrogen-bond acceptors (Lipinski definition) is 2. The van der Waals surface area contributed by atoms with Gasteiger partial charge in [0.1, 0.15) is 12.0 Å². The highest BCUT2D eigenvalue weighted by molar-refractivity contribution is 5.76. The van der Waals surface area contributed by atoms with Crippen molar-refractivity contribution in [1.29, 1.82) is 0 Å². The highest BCUT2D eigenvalue weighted by Crippen LogP contribution is 2.33. The molecule has 0 unspecified atom stereocenters. The number of rotatable bonds is 2. The molecule has 94 valence electrons. The Balaban J connectivity index is 3.19. The maximum absolute atomic E-state index is 12.3. The molecular weight excluding hydrogens is 254 g/mol. The minimum absolute atomic E-state index is 0.00151. The van der Waals surface area contributed by atoms with Crippen molar-refractivity contribution in [2.24, 2.45) is 0 Å². The number of hydrogen-bond donors (Lipinski definition) is 0. The molecule has 0 amide bonds. The molecule has 0 N–H and O–H groups in total. The summed E-state index contributed by atoms with van der Waals surface area (Å²) in [7, 11) is 0. The van der Waals surface area contributed by atoms with Crippen LogP contribution in [-0.2, 0) is 6.18 Å². The van der Waals surface area contributed by atoms with Gasteiger partial charge in [-0.2, -0.15) is 13.2 Å². The molecular formula is C9H4F6O2. The molecule has 0 bridgehead atoms. The fourth-order valence-electron chi connectivity index (χ4n) is 1.05. The second-order valence-electron chi connectivity index (χ2n) is 2.95. The van der Waals surface area contributed by atoms with Crippen molar-refractivity contribution in [2.75, 3.05) is 0 Å². The lowest BCUT2D eigenvalue weighted by atomic mass is 10.1. The van der Waals surface area contributed by atoms with E-state index in [2.05, 4.69) is 4.74 Å². The summed E-state index contributed by atoms with van der Waals surface area (Å²) in [4.78, 5) is 10.3. The van der Waals surface area contributed by atoms with Crippen LogP contribution in [0, 0.1) is 0 Å². The molecule has 0 heterocycles. The van der Waals surface area contributed by atoms with Crippen LogP contribution < -0.4 is 4.74 Å². The van der Waals surface area contributed by atoms with Crippen LogP contribution in [0.2, 0.25) is 0 Å². The maximum Gasteiger partial charge on any atom is 0.573 e. The summed E-state index contributed by atoms with van der Waals surface area (Å²) in [6, 6.07) is 1.16. The van der Waals surface area contributed by atoms with E-state index in [4.69, 9.17) is 0 Å². The first-order valence-corrected chi connectivity index (χ1v) is 4.05. The fraction of sp³-hybridized carbons (Fsp3) is 0.222. The zero-order valence-electron chi connectivity index (χ0n) is 7.89. The molecule has 1 aromatic carbocycles. The third kappa shape index (κ3) is 3.97. The van der Waals surface area contributed by atoms with Gasteiger partial charge in [-0.25, -0.2) is 0 Å². The van der Waals surface area contributed by atoms with Crippen molar-refractivity contribution in [3.8, 4) is 5.75 Å². The molecule has 0 atom stereocenters. The molecule has 0 saturated carbocycles. The van der Waals surface area contributed by atoms with E-state index in [1.165, 1.54) is 0 Å². The maximum atomic E-state index is 12.3.